The maximum Gasteiger partial charge on any atom is 0.258 e. The minimum atomic E-state index is -0.877. The van der Waals surface area contributed by atoms with Gasteiger partial charge in [-0.2, -0.15) is 0 Å². The Balaban J connectivity index is 1.62. The Morgan fingerprint density at radius 3 is 2.81 bits per heavy atom. The third-order valence-corrected chi connectivity index (χ3v) is 4.90. The van der Waals surface area contributed by atoms with E-state index in [0.717, 1.165) is 11.6 Å². The van der Waals surface area contributed by atoms with Crippen molar-refractivity contribution in [3.8, 4) is 0 Å². The molecule has 2 aromatic carbocycles. The van der Waals surface area contributed by atoms with Gasteiger partial charge in [-0.05, 0) is 53.4 Å². The Morgan fingerprint density at radius 2 is 1.96 bits per heavy atom. The average Bonchev–Trinajstić information content (AvgIpc) is 2.66. The summed E-state index contributed by atoms with van der Waals surface area (Å²) in [6, 6.07) is 11.1. The first-order chi connectivity index (χ1) is 13.0. The Hall–Kier alpha value is -2.79. The first kappa shape index (κ1) is 17.6. The zero-order valence-electron chi connectivity index (χ0n) is 14.3. The van der Waals surface area contributed by atoms with Crippen LogP contribution in [-0.2, 0) is 12.8 Å². The van der Waals surface area contributed by atoms with Crippen LogP contribution in [0.5, 0.6) is 0 Å². The lowest BCUT2D eigenvalue weighted by Crippen LogP contribution is -2.37. The summed E-state index contributed by atoms with van der Waals surface area (Å²) in [7, 11) is 0. The number of benzene rings is 2. The van der Waals surface area contributed by atoms with Gasteiger partial charge in [0.25, 0.3) is 5.91 Å². The molecule has 1 amide bonds. The molecule has 0 saturated carbocycles. The molecule has 136 valence electrons. The van der Waals surface area contributed by atoms with Crippen molar-refractivity contribution in [1.82, 2.24) is 4.98 Å². The van der Waals surface area contributed by atoms with E-state index in [0.29, 0.717) is 34.8 Å². The fourth-order valence-electron chi connectivity index (χ4n) is 3.33. The second-order valence-corrected chi connectivity index (χ2v) is 6.89. The van der Waals surface area contributed by atoms with Crippen molar-refractivity contribution in [2.75, 3.05) is 11.4 Å². The molecule has 2 heterocycles. The van der Waals surface area contributed by atoms with Gasteiger partial charge < -0.3 is 4.90 Å². The monoisotopic (exact) mass is 384 g/mol. The molecular formula is C21H15ClF2N2O. The summed E-state index contributed by atoms with van der Waals surface area (Å²) in [5, 5.41) is 0.607. The molecule has 1 aliphatic rings. The number of nitrogens with zero attached hydrogens (tertiary/aromatic N) is 2. The van der Waals surface area contributed by atoms with E-state index in [-0.39, 0.29) is 17.9 Å². The van der Waals surface area contributed by atoms with Crippen LogP contribution in [0.4, 0.5) is 14.5 Å². The number of aromatic nitrogens is 1. The van der Waals surface area contributed by atoms with E-state index in [1.54, 1.807) is 35.5 Å². The summed E-state index contributed by atoms with van der Waals surface area (Å²) in [6.45, 7) is 0.506. The highest BCUT2D eigenvalue weighted by Gasteiger charge is 2.26. The van der Waals surface area contributed by atoms with Crippen molar-refractivity contribution in [1.29, 1.82) is 0 Å². The standard InChI is InChI=1S/C21H15ClF2N2O/c22-16-4-5-18-14(10-16)6-7-26(21(18)27)17-9-13(11-25-12-17)8-15-2-1-3-19(23)20(15)24/h1-5,9-12H,6-8H2. The summed E-state index contributed by atoms with van der Waals surface area (Å²) in [6.07, 6.45) is 4.07. The number of hydrogen-bond acceptors (Lipinski definition) is 2. The largest absolute Gasteiger partial charge is 0.306 e. The van der Waals surface area contributed by atoms with Crippen LogP contribution in [0, 0.1) is 11.6 Å². The molecule has 0 N–H and O–H groups in total. The van der Waals surface area contributed by atoms with Gasteiger partial charge in [-0.15, -0.1) is 0 Å². The van der Waals surface area contributed by atoms with Gasteiger partial charge in [-0.1, -0.05) is 23.7 Å². The lowest BCUT2D eigenvalue weighted by molar-refractivity contribution is 0.0980. The highest BCUT2D eigenvalue weighted by atomic mass is 35.5. The Bertz CT molecular complexity index is 1040. The Kier molecular flexibility index (Phi) is 4.62. The van der Waals surface area contributed by atoms with Crippen molar-refractivity contribution in [3.63, 3.8) is 0 Å². The molecule has 3 aromatic rings. The molecule has 0 aliphatic carbocycles. The average molecular weight is 385 g/mol. The predicted octanol–water partition coefficient (Wildman–Crippen LogP) is 4.81. The van der Waals surface area contributed by atoms with Crippen molar-refractivity contribution < 1.29 is 13.6 Å². The summed E-state index contributed by atoms with van der Waals surface area (Å²) in [5.41, 5.74) is 3.13. The number of amides is 1. The predicted molar refractivity (Wildman–Crippen MR) is 100 cm³/mol. The zero-order valence-corrected chi connectivity index (χ0v) is 15.0. The first-order valence-electron chi connectivity index (χ1n) is 8.50. The number of fused-ring (bicyclic) bond motifs is 1. The smallest absolute Gasteiger partial charge is 0.258 e. The van der Waals surface area contributed by atoms with Crippen molar-refractivity contribution in [2.24, 2.45) is 0 Å². The minimum absolute atomic E-state index is 0.121. The molecule has 0 saturated heterocycles. The topological polar surface area (TPSA) is 33.2 Å². The van der Waals surface area contributed by atoms with Crippen LogP contribution in [0.15, 0.2) is 54.9 Å². The van der Waals surface area contributed by atoms with Crippen molar-refractivity contribution >= 4 is 23.2 Å². The fraction of sp³-hybridized carbons (Fsp3) is 0.143. The molecule has 3 nitrogen and oxygen atoms in total. The summed E-state index contributed by atoms with van der Waals surface area (Å²) >= 11 is 6.01. The number of hydrogen-bond donors (Lipinski definition) is 0. The molecule has 0 radical (unpaired) electrons. The van der Waals surface area contributed by atoms with Gasteiger partial charge in [0.15, 0.2) is 11.6 Å². The lowest BCUT2D eigenvalue weighted by Gasteiger charge is -2.28. The van der Waals surface area contributed by atoms with Crippen LogP contribution in [0.2, 0.25) is 5.02 Å². The molecule has 0 unspecified atom stereocenters. The Labute approximate surface area is 160 Å². The normalized spacial score (nSPS) is 13.6. The second kappa shape index (κ2) is 7.08. The number of rotatable bonds is 3. The number of halogens is 3. The highest BCUT2D eigenvalue weighted by Crippen LogP contribution is 2.27. The minimum Gasteiger partial charge on any atom is -0.306 e. The fourth-order valence-corrected chi connectivity index (χ4v) is 3.52. The van der Waals surface area contributed by atoms with Crippen LogP contribution in [-0.4, -0.2) is 17.4 Å². The van der Waals surface area contributed by atoms with Crippen molar-refractivity contribution in [2.45, 2.75) is 12.8 Å². The van der Waals surface area contributed by atoms with Gasteiger partial charge in [0.1, 0.15) is 0 Å². The molecule has 6 heteroatoms. The SMILES string of the molecule is O=C1c2ccc(Cl)cc2CCN1c1cncc(Cc2cccc(F)c2F)c1. The molecule has 27 heavy (non-hydrogen) atoms. The zero-order chi connectivity index (χ0) is 19.0. The van der Waals surface area contributed by atoms with E-state index in [1.807, 2.05) is 6.07 Å². The van der Waals surface area contributed by atoms with Gasteiger partial charge in [0.2, 0.25) is 0 Å². The van der Waals surface area contributed by atoms with Gasteiger partial charge in [0.05, 0.1) is 11.9 Å². The van der Waals surface area contributed by atoms with Gasteiger partial charge in [0, 0.05) is 29.7 Å². The molecule has 4 rings (SSSR count). The maximum atomic E-state index is 13.9. The van der Waals surface area contributed by atoms with Crippen molar-refractivity contribution in [3.05, 3.63) is 93.8 Å². The van der Waals surface area contributed by atoms with E-state index in [1.165, 1.54) is 12.1 Å². The van der Waals surface area contributed by atoms with Crippen LogP contribution < -0.4 is 4.90 Å². The highest BCUT2D eigenvalue weighted by molar-refractivity contribution is 6.30. The quantitative estimate of drug-likeness (QED) is 0.649. The van der Waals surface area contributed by atoms with E-state index < -0.39 is 11.6 Å². The van der Waals surface area contributed by atoms with E-state index >= 15 is 0 Å². The molecule has 0 atom stereocenters. The number of anilines is 1. The van der Waals surface area contributed by atoms with Crippen LogP contribution in [0.3, 0.4) is 0 Å². The van der Waals surface area contributed by atoms with Crippen LogP contribution >= 0.6 is 11.6 Å². The van der Waals surface area contributed by atoms with E-state index in [2.05, 4.69) is 4.98 Å². The second-order valence-electron chi connectivity index (χ2n) is 6.45. The molecular weight excluding hydrogens is 370 g/mol. The van der Waals surface area contributed by atoms with Crippen LogP contribution in [0.1, 0.15) is 27.0 Å². The first-order valence-corrected chi connectivity index (χ1v) is 8.88. The van der Waals surface area contributed by atoms with Gasteiger partial charge >= 0.3 is 0 Å². The third-order valence-electron chi connectivity index (χ3n) is 4.67. The van der Waals surface area contributed by atoms with Gasteiger partial charge in [-0.3, -0.25) is 9.78 Å². The van der Waals surface area contributed by atoms with E-state index in [9.17, 15) is 13.6 Å². The maximum absolute atomic E-state index is 13.9. The summed E-state index contributed by atoms with van der Waals surface area (Å²) in [4.78, 5) is 18.7. The number of carbonyl (C=O) groups is 1. The summed E-state index contributed by atoms with van der Waals surface area (Å²) in [5.74, 6) is -1.86. The molecule has 0 bridgehead atoms. The molecule has 0 spiro atoms. The number of pyridine rings is 1. The summed E-state index contributed by atoms with van der Waals surface area (Å²) < 4.78 is 27.4. The number of carbonyl (C=O) groups excluding carboxylic acids is 1. The molecule has 1 aliphatic heterocycles. The van der Waals surface area contributed by atoms with E-state index in [4.69, 9.17) is 11.6 Å². The molecule has 1 aromatic heterocycles. The lowest BCUT2D eigenvalue weighted by atomic mass is 9.98. The van der Waals surface area contributed by atoms with Gasteiger partial charge in [-0.25, -0.2) is 8.78 Å². The molecule has 0 fully saturated rings. The van der Waals surface area contributed by atoms with Crippen LogP contribution in [0.25, 0.3) is 0 Å². The third kappa shape index (κ3) is 3.43. The Morgan fingerprint density at radius 1 is 1.11 bits per heavy atom.